The first kappa shape index (κ1) is 16.7. The third kappa shape index (κ3) is 3.76. The van der Waals surface area contributed by atoms with E-state index in [1.807, 2.05) is 37.3 Å². The second-order valence-corrected chi connectivity index (χ2v) is 5.72. The Morgan fingerprint density at radius 3 is 2.70 bits per heavy atom. The van der Waals surface area contributed by atoms with Crippen LogP contribution in [0.4, 0.5) is 4.39 Å². The molecule has 0 N–H and O–H groups in total. The van der Waals surface area contributed by atoms with Crippen LogP contribution in [-0.4, -0.2) is 21.1 Å². The van der Waals surface area contributed by atoms with E-state index >= 15 is 0 Å². The van der Waals surface area contributed by atoms with Crippen molar-refractivity contribution in [1.82, 2.24) is 9.55 Å². The van der Waals surface area contributed by atoms with Crippen LogP contribution in [0.1, 0.15) is 42.9 Å². The Labute approximate surface area is 134 Å². The zero-order valence-electron chi connectivity index (χ0n) is 13.4. The minimum absolute atomic E-state index is 0.202. The third-order valence-electron chi connectivity index (χ3n) is 3.45. The molecule has 0 unspecified atom stereocenters. The lowest BCUT2D eigenvalue weighted by Gasteiger charge is -2.22. The number of carbonyl (C=O) groups excluding carboxylic acids is 1. The molecule has 2 rings (SSSR count). The van der Waals surface area contributed by atoms with Crippen LogP contribution < -0.4 is 0 Å². The Hall–Kier alpha value is -2.65. The lowest BCUT2D eigenvalue weighted by atomic mass is 10.1. The number of aromatic nitrogens is 2. The van der Waals surface area contributed by atoms with E-state index < -0.39 is 17.5 Å². The fraction of sp³-hybridized carbons (Fsp3) is 0.278. The molecule has 0 radical (unpaired) electrons. The van der Waals surface area contributed by atoms with Crippen LogP contribution in [0.5, 0.6) is 0 Å². The van der Waals surface area contributed by atoms with Gasteiger partial charge in [0.05, 0.1) is 12.4 Å². The molecule has 23 heavy (non-hydrogen) atoms. The van der Waals surface area contributed by atoms with Crippen molar-refractivity contribution < 1.29 is 13.9 Å². The second-order valence-electron chi connectivity index (χ2n) is 5.72. The molecule has 1 heterocycles. The highest BCUT2D eigenvalue weighted by Crippen LogP contribution is 2.23. The number of imidazole rings is 1. The highest BCUT2D eigenvalue weighted by Gasteiger charge is 2.28. The maximum atomic E-state index is 14.0. The van der Waals surface area contributed by atoms with Crippen LogP contribution in [0.3, 0.4) is 0 Å². The topological polar surface area (TPSA) is 44.1 Å². The van der Waals surface area contributed by atoms with E-state index in [0.29, 0.717) is 0 Å². The van der Waals surface area contributed by atoms with Gasteiger partial charge in [-0.2, -0.15) is 4.39 Å². The van der Waals surface area contributed by atoms with Gasteiger partial charge >= 0.3 is 5.97 Å². The van der Waals surface area contributed by atoms with E-state index in [0.717, 1.165) is 5.56 Å². The summed E-state index contributed by atoms with van der Waals surface area (Å²) in [6, 6.07) is 9.21. The Morgan fingerprint density at radius 2 is 2.09 bits per heavy atom. The number of esters is 1. The summed E-state index contributed by atoms with van der Waals surface area (Å²) >= 11 is 0. The first-order chi connectivity index (χ1) is 10.9. The molecule has 0 saturated heterocycles. The summed E-state index contributed by atoms with van der Waals surface area (Å²) in [6.45, 7) is 8.66. The molecule has 0 saturated carbocycles. The molecule has 1 aromatic carbocycles. The molecule has 1 aromatic heterocycles. The second kappa shape index (κ2) is 6.63. The Kier molecular flexibility index (Phi) is 4.82. The van der Waals surface area contributed by atoms with Gasteiger partial charge in [-0.15, -0.1) is 5.73 Å². The van der Waals surface area contributed by atoms with Crippen molar-refractivity contribution in [2.45, 2.75) is 32.4 Å². The number of rotatable bonds is 5. The Balaban J connectivity index is 2.35. The number of carbonyl (C=O) groups is 1. The monoisotopic (exact) mass is 314 g/mol. The molecule has 0 aliphatic heterocycles. The molecule has 120 valence electrons. The highest BCUT2D eigenvalue weighted by molar-refractivity contribution is 5.88. The first-order valence-corrected chi connectivity index (χ1v) is 7.23. The number of hydrogen-bond acceptors (Lipinski definition) is 3. The van der Waals surface area contributed by atoms with Crippen LogP contribution in [0.15, 0.2) is 55.0 Å². The maximum Gasteiger partial charge on any atom is 0.360 e. The largest absolute Gasteiger partial charge is 0.450 e. The predicted molar refractivity (Wildman–Crippen MR) is 85.6 cm³/mol. The zero-order valence-corrected chi connectivity index (χ0v) is 13.4. The Bertz CT molecular complexity index is 744. The van der Waals surface area contributed by atoms with Gasteiger partial charge in [0.1, 0.15) is 5.60 Å². The first-order valence-electron chi connectivity index (χ1n) is 7.23. The number of benzene rings is 1. The van der Waals surface area contributed by atoms with Crippen LogP contribution in [-0.2, 0) is 4.74 Å². The number of halogens is 1. The SMILES string of the molecule is C=C=CC(C)(C)OC(=O)c1c(F)ncn1[C@H](C)c1ccccc1. The van der Waals surface area contributed by atoms with Crippen LogP contribution >= 0.6 is 0 Å². The molecule has 0 amide bonds. The van der Waals surface area contributed by atoms with Gasteiger partial charge in [0.25, 0.3) is 0 Å². The van der Waals surface area contributed by atoms with E-state index in [-0.39, 0.29) is 11.7 Å². The highest BCUT2D eigenvalue weighted by atomic mass is 19.1. The van der Waals surface area contributed by atoms with Crippen molar-refractivity contribution in [2.75, 3.05) is 0 Å². The number of hydrogen-bond donors (Lipinski definition) is 0. The summed E-state index contributed by atoms with van der Waals surface area (Å²) in [5.41, 5.74) is 2.37. The van der Waals surface area contributed by atoms with E-state index in [2.05, 4.69) is 17.3 Å². The normalized spacial score (nSPS) is 12.3. The summed E-state index contributed by atoms with van der Waals surface area (Å²) in [7, 11) is 0. The molecule has 4 nitrogen and oxygen atoms in total. The van der Waals surface area contributed by atoms with Gasteiger partial charge in [-0.1, -0.05) is 36.9 Å². The lowest BCUT2D eigenvalue weighted by Crippen LogP contribution is -2.28. The summed E-state index contributed by atoms with van der Waals surface area (Å²) in [5, 5.41) is 0. The van der Waals surface area contributed by atoms with Crippen molar-refractivity contribution in [3.63, 3.8) is 0 Å². The average molecular weight is 314 g/mol. The molecule has 0 bridgehead atoms. The van der Waals surface area contributed by atoms with E-state index in [1.165, 1.54) is 17.0 Å². The van der Waals surface area contributed by atoms with Gasteiger partial charge in [-0.05, 0) is 32.4 Å². The van der Waals surface area contributed by atoms with Crippen molar-refractivity contribution in [1.29, 1.82) is 0 Å². The molecule has 2 aromatic rings. The van der Waals surface area contributed by atoms with Gasteiger partial charge in [-0.25, -0.2) is 9.78 Å². The predicted octanol–water partition coefficient (Wildman–Crippen LogP) is 3.91. The summed E-state index contributed by atoms with van der Waals surface area (Å²) in [6.07, 6.45) is 2.81. The fourth-order valence-corrected chi connectivity index (χ4v) is 2.28. The van der Waals surface area contributed by atoms with Gasteiger partial charge in [-0.3, -0.25) is 0 Å². The van der Waals surface area contributed by atoms with Crippen LogP contribution in [0, 0.1) is 5.95 Å². The molecule has 0 aliphatic rings. The van der Waals surface area contributed by atoms with Gasteiger partial charge in [0.2, 0.25) is 5.95 Å². The summed E-state index contributed by atoms with van der Waals surface area (Å²) in [4.78, 5) is 16.0. The van der Waals surface area contributed by atoms with Crippen LogP contribution in [0.25, 0.3) is 0 Å². The molecular weight excluding hydrogens is 295 g/mol. The zero-order chi connectivity index (χ0) is 17.0. The minimum Gasteiger partial charge on any atom is -0.450 e. The smallest absolute Gasteiger partial charge is 0.360 e. The van der Waals surface area contributed by atoms with Gasteiger partial charge in [0, 0.05) is 0 Å². The molecule has 1 atom stereocenters. The van der Waals surface area contributed by atoms with Crippen molar-refractivity contribution in [2.24, 2.45) is 0 Å². The van der Waals surface area contributed by atoms with Crippen molar-refractivity contribution in [3.8, 4) is 0 Å². The van der Waals surface area contributed by atoms with E-state index in [9.17, 15) is 9.18 Å². The standard InChI is InChI=1S/C18H19FN2O2/c1-5-11-18(3,4)23-17(22)15-16(19)20-12-21(15)13(2)14-9-7-6-8-10-14/h6-13H,1H2,2-4H3/t13-/m1/s1. The van der Waals surface area contributed by atoms with Crippen LogP contribution in [0.2, 0.25) is 0 Å². The molecule has 0 fully saturated rings. The van der Waals surface area contributed by atoms with E-state index in [4.69, 9.17) is 4.74 Å². The third-order valence-corrected chi connectivity index (χ3v) is 3.45. The van der Waals surface area contributed by atoms with Gasteiger partial charge in [0.15, 0.2) is 5.69 Å². The van der Waals surface area contributed by atoms with Crippen molar-refractivity contribution in [3.05, 3.63) is 72.3 Å². The minimum atomic E-state index is -0.934. The quantitative estimate of drug-likeness (QED) is 0.621. The van der Waals surface area contributed by atoms with Crippen molar-refractivity contribution >= 4 is 5.97 Å². The fourth-order valence-electron chi connectivity index (χ4n) is 2.28. The molecule has 0 spiro atoms. The maximum absolute atomic E-state index is 14.0. The van der Waals surface area contributed by atoms with Gasteiger partial charge < -0.3 is 9.30 Å². The number of nitrogens with zero attached hydrogens (tertiary/aromatic N) is 2. The molecule has 5 heteroatoms. The summed E-state index contributed by atoms with van der Waals surface area (Å²) in [5.74, 6) is -1.63. The molecule has 0 aliphatic carbocycles. The lowest BCUT2D eigenvalue weighted by molar-refractivity contribution is 0.0155. The number of ether oxygens (including phenoxy) is 1. The summed E-state index contributed by atoms with van der Waals surface area (Å²) < 4.78 is 20.8. The molecular formula is C18H19FN2O2. The van der Waals surface area contributed by atoms with E-state index in [1.54, 1.807) is 13.8 Å². The Morgan fingerprint density at radius 1 is 1.43 bits per heavy atom. The average Bonchev–Trinajstić information content (AvgIpc) is 2.88.